The molecule has 3 aromatic carbocycles. The molecule has 0 aromatic heterocycles. The average molecular weight is 506 g/mol. The zero-order valence-corrected chi connectivity index (χ0v) is 23.4. The molecule has 3 rings (SSSR count). The molecular formula is C32H44ClN3. The summed E-state index contributed by atoms with van der Waals surface area (Å²) in [6, 6.07) is 27.8. The zero-order chi connectivity index (χ0) is 25.1. The number of para-hydroxylation sites is 1. The van der Waals surface area contributed by atoms with Gasteiger partial charge in [-0.3, -0.25) is 0 Å². The van der Waals surface area contributed by atoms with Crippen molar-refractivity contribution in [2.45, 2.75) is 84.6 Å². The van der Waals surface area contributed by atoms with E-state index in [1.165, 1.54) is 55.2 Å². The number of guanidine groups is 1. The Labute approximate surface area is 225 Å². The molecule has 0 atom stereocenters. The third-order valence-electron chi connectivity index (χ3n) is 6.79. The number of rotatable bonds is 12. The van der Waals surface area contributed by atoms with Crippen molar-refractivity contribution in [3.8, 4) is 0 Å². The lowest BCUT2D eigenvalue weighted by Crippen LogP contribution is -2.36. The summed E-state index contributed by atoms with van der Waals surface area (Å²) in [7, 11) is 0. The summed E-state index contributed by atoms with van der Waals surface area (Å²) in [5.41, 5.74) is 12.7. The largest absolute Gasteiger partial charge is 0.369 e. The van der Waals surface area contributed by atoms with E-state index in [9.17, 15) is 0 Å². The molecule has 3 nitrogen and oxygen atoms in total. The second-order valence-corrected chi connectivity index (χ2v) is 10.2. The van der Waals surface area contributed by atoms with Gasteiger partial charge >= 0.3 is 0 Å². The van der Waals surface area contributed by atoms with Gasteiger partial charge in [0.15, 0.2) is 0 Å². The van der Waals surface area contributed by atoms with E-state index in [2.05, 4.69) is 81.1 Å². The van der Waals surface area contributed by atoms with Crippen LogP contribution in [-0.4, -0.2) is 5.96 Å². The molecule has 0 aliphatic carbocycles. The first-order chi connectivity index (χ1) is 16.9. The van der Waals surface area contributed by atoms with Crippen LogP contribution in [0.4, 0.5) is 11.4 Å². The number of nitrogens with two attached hydrogens (primary N) is 1. The van der Waals surface area contributed by atoms with Gasteiger partial charge in [-0.25, -0.2) is 4.99 Å². The predicted octanol–water partition coefficient (Wildman–Crippen LogP) is 8.96. The number of anilines is 1. The van der Waals surface area contributed by atoms with Gasteiger partial charge in [-0.2, -0.15) is 0 Å². The molecule has 0 amide bonds. The highest BCUT2D eigenvalue weighted by molar-refractivity contribution is 5.96. The topological polar surface area (TPSA) is 41.6 Å². The van der Waals surface area contributed by atoms with Crippen LogP contribution in [0, 0.1) is 0 Å². The molecule has 0 saturated heterocycles. The lowest BCUT2D eigenvalue weighted by Gasteiger charge is -2.26. The maximum absolute atomic E-state index is 6.60. The fraction of sp³-hybridized carbons (Fsp3) is 0.406. The zero-order valence-electron chi connectivity index (χ0n) is 22.5. The van der Waals surface area contributed by atoms with Crippen LogP contribution < -0.4 is 10.6 Å². The van der Waals surface area contributed by atoms with E-state index in [-0.39, 0.29) is 17.8 Å². The van der Waals surface area contributed by atoms with E-state index < -0.39 is 0 Å². The van der Waals surface area contributed by atoms with Crippen molar-refractivity contribution in [3.05, 3.63) is 95.6 Å². The van der Waals surface area contributed by atoms with Crippen molar-refractivity contribution < 1.29 is 0 Å². The highest BCUT2D eigenvalue weighted by Crippen LogP contribution is 2.29. The van der Waals surface area contributed by atoms with Gasteiger partial charge in [-0.05, 0) is 65.6 Å². The van der Waals surface area contributed by atoms with Crippen molar-refractivity contribution in [1.82, 2.24) is 0 Å². The van der Waals surface area contributed by atoms with Crippen LogP contribution in [0.2, 0.25) is 0 Å². The van der Waals surface area contributed by atoms with E-state index in [0.29, 0.717) is 12.5 Å². The Morgan fingerprint density at radius 1 is 0.778 bits per heavy atom. The molecule has 4 heteroatoms. The van der Waals surface area contributed by atoms with Crippen molar-refractivity contribution >= 4 is 29.7 Å². The standard InChI is InChI=1S/C32H43N3.ClH/c1-5-7-8-10-13-26-18-22-30(23-19-26)35(31(33)34-29-14-11-9-12-15-29)25-27-16-20-28(21-17-27)32(3,4)24-6-2;/h9,11-12,14-23H,5-8,10,13,24-25H2,1-4H3,(H2,33,34);1H. The molecule has 0 bridgehead atoms. The van der Waals surface area contributed by atoms with Crippen LogP contribution in [0.25, 0.3) is 0 Å². The molecule has 0 heterocycles. The van der Waals surface area contributed by atoms with Crippen molar-refractivity contribution in [3.63, 3.8) is 0 Å². The number of benzene rings is 3. The number of hydrogen-bond acceptors (Lipinski definition) is 1. The van der Waals surface area contributed by atoms with Gasteiger partial charge in [0.05, 0.1) is 12.2 Å². The first-order valence-electron chi connectivity index (χ1n) is 13.3. The molecule has 0 fully saturated rings. The summed E-state index contributed by atoms with van der Waals surface area (Å²) < 4.78 is 0. The van der Waals surface area contributed by atoms with Gasteiger partial charge in [-0.1, -0.05) is 108 Å². The lowest BCUT2D eigenvalue weighted by molar-refractivity contribution is 0.473. The molecule has 3 aromatic rings. The maximum atomic E-state index is 6.60. The number of hydrogen-bond donors (Lipinski definition) is 1. The normalized spacial score (nSPS) is 11.7. The average Bonchev–Trinajstić information content (AvgIpc) is 2.86. The van der Waals surface area contributed by atoms with Crippen LogP contribution in [0.3, 0.4) is 0 Å². The molecule has 2 N–H and O–H groups in total. The summed E-state index contributed by atoms with van der Waals surface area (Å²) in [6.45, 7) is 9.83. The van der Waals surface area contributed by atoms with Gasteiger partial charge in [0, 0.05) is 5.69 Å². The predicted molar refractivity (Wildman–Crippen MR) is 160 cm³/mol. The van der Waals surface area contributed by atoms with Crippen molar-refractivity contribution in [2.75, 3.05) is 4.90 Å². The van der Waals surface area contributed by atoms with Gasteiger partial charge in [-0.15, -0.1) is 12.4 Å². The number of aliphatic imine (C=N–C) groups is 1. The summed E-state index contributed by atoms with van der Waals surface area (Å²) in [4.78, 5) is 6.84. The molecule has 0 aliphatic rings. The molecule has 0 saturated carbocycles. The Balaban J connectivity index is 0.00000456. The van der Waals surface area contributed by atoms with Crippen molar-refractivity contribution in [2.24, 2.45) is 10.7 Å². The van der Waals surface area contributed by atoms with E-state index in [1.54, 1.807) is 0 Å². The van der Waals surface area contributed by atoms with Gasteiger partial charge in [0.2, 0.25) is 5.96 Å². The third kappa shape index (κ3) is 8.71. The third-order valence-corrected chi connectivity index (χ3v) is 6.79. The molecule has 0 aliphatic heterocycles. The second kappa shape index (κ2) is 14.7. The molecule has 194 valence electrons. The summed E-state index contributed by atoms with van der Waals surface area (Å²) in [6.07, 6.45) is 8.62. The van der Waals surface area contributed by atoms with Gasteiger partial charge in [0.1, 0.15) is 0 Å². The fourth-order valence-corrected chi connectivity index (χ4v) is 4.61. The Bertz CT molecular complexity index is 1040. The Morgan fingerprint density at radius 2 is 1.42 bits per heavy atom. The Kier molecular flexibility index (Phi) is 12.0. The van der Waals surface area contributed by atoms with E-state index in [4.69, 9.17) is 10.7 Å². The van der Waals surface area contributed by atoms with E-state index >= 15 is 0 Å². The minimum atomic E-state index is 0. The second-order valence-electron chi connectivity index (χ2n) is 10.2. The first kappa shape index (κ1) is 29.5. The minimum absolute atomic E-state index is 0. The van der Waals surface area contributed by atoms with E-state index in [1.807, 2.05) is 30.3 Å². The summed E-state index contributed by atoms with van der Waals surface area (Å²) in [5.74, 6) is 0.502. The first-order valence-corrected chi connectivity index (χ1v) is 13.3. The summed E-state index contributed by atoms with van der Waals surface area (Å²) >= 11 is 0. The Morgan fingerprint density at radius 3 is 2.03 bits per heavy atom. The highest BCUT2D eigenvalue weighted by atomic mass is 35.5. The number of unbranched alkanes of at least 4 members (excludes halogenated alkanes) is 3. The molecule has 0 unspecified atom stereocenters. The smallest absolute Gasteiger partial charge is 0.201 e. The quantitative estimate of drug-likeness (QED) is 0.151. The minimum Gasteiger partial charge on any atom is -0.369 e. The van der Waals surface area contributed by atoms with Crippen LogP contribution >= 0.6 is 12.4 Å². The number of halogens is 1. The lowest BCUT2D eigenvalue weighted by atomic mass is 9.80. The highest BCUT2D eigenvalue weighted by Gasteiger charge is 2.19. The SMILES string of the molecule is CCCCCCc1ccc(N(Cc2ccc(C(C)(C)CCC)cc2)C(N)=Nc2ccccc2)cc1.Cl. The summed E-state index contributed by atoms with van der Waals surface area (Å²) in [5, 5.41) is 0. The van der Waals surface area contributed by atoms with Crippen LogP contribution in [0.5, 0.6) is 0 Å². The molecular weight excluding hydrogens is 462 g/mol. The molecule has 0 radical (unpaired) electrons. The monoisotopic (exact) mass is 505 g/mol. The number of aryl methyl sites for hydroxylation is 1. The van der Waals surface area contributed by atoms with Crippen LogP contribution in [0.1, 0.15) is 82.9 Å². The molecule has 0 spiro atoms. The van der Waals surface area contributed by atoms with Crippen LogP contribution in [0.15, 0.2) is 83.9 Å². The fourth-order valence-electron chi connectivity index (χ4n) is 4.61. The molecule has 36 heavy (non-hydrogen) atoms. The Hall–Kier alpha value is -2.78. The van der Waals surface area contributed by atoms with E-state index in [0.717, 1.165) is 17.8 Å². The van der Waals surface area contributed by atoms with Crippen LogP contribution in [-0.2, 0) is 18.4 Å². The van der Waals surface area contributed by atoms with Gasteiger partial charge in [0.25, 0.3) is 0 Å². The van der Waals surface area contributed by atoms with Gasteiger partial charge < -0.3 is 10.6 Å². The number of nitrogens with zero attached hydrogens (tertiary/aromatic N) is 2. The van der Waals surface area contributed by atoms with Crippen molar-refractivity contribution in [1.29, 1.82) is 0 Å². The maximum Gasteiger partial charge on any atom is 0.201 e.